The Morgan fingerprint density at radius 3 is 2.67 bits per heavy atom. The number of benzene rings is 1. The summed E-state index contributed by atoms with van der Waals surface area (Å²) in [6.07, 6.45) is 6.98. The molecule has 1 saturated heterocycles. The molecule has 1 aliphatic rings. The molecule has 0 saturated carbocycles. The fourth-order valence-corrected chi connectivity index (χ4v) is 4.22. The molecule has 3 rings (SSSR count). The van der Waals surface area contributed by atoms with E-state index < -0.39 is 0 Å². The molecular weight excluding hydrogens is 341 g/mol. The molecule has 1 aliphatic heterocycles. The lowest BCUT2D eigenvalue weighted by Crippen LogP contribution is -2.31. The van der Waals surface area contributed by atoms with Gasteiger partial charge in [-0.25, -0.2) is 4.39 Å². The van der Waals surface area contributed by atoms with E-state index in [0.717, 1.165) is 46.3 Å². The molecule has 24 heavy (non-hydrogen) atoms. The highest BCUT2D eigenvalue weighted by Crippen LogP contribution is 2.35. The van der Waals surface area contributed by atoms with Crippen molar-refractivity contribution in [1.82, 2.24) is 4.90 Å². The Hall–Kier alpha value is -1.16. The largest absolute Gasteiger partial charge is 0.303 e. The van der Waals surface area contributed by atoms with Crippen molar-refractivity contribution >= 4 is 29.0 Å². The minimum atomic E-state index is -0.203. The van der Waals surface area contributed by atoms with Crippen LogP contribution >= 0.6 is 22.9 Å². The fraction of sp³-hybridized carbons (Fsp3) is 0.400. The molecule has 4 heteroatoms. The second kappa shape index (κ2) is 8.28. The smallest absolute Gasteiger partial charge is 0.123 e. The zero-order valence-corrected chi connectivity index (χ0v) is 15.6. The van der Waals surface area contributed by atoms with Crippen molar-refractivity contribution in [3.63, 3.8) is 0 Å². The summed E-state index contributed by atoms with van der Waals surface area (Å²) in [5, 5.41) is 0. The standard InChI is InChI=1S/C20H23ClFNS/c1-2-3-10-23-11-8-15(9-12-23)13-16-4-5-17(22)14-18(16)19-6-7-20(21)24-19/h4-7,13-14H,2-3,8-12H2,1H3. The van der Waals surface area contributed by atoms with Gasteiger partial charge in [-0.3, -0.25) is 0 Å². The van der Waals surface area contributed by atoms with Gasteiger partial charge in [0.1, 0.15) is 5.82 Å². The number of thiophene rings is 1. The van der Waals surface area contributed by atoms with Gasteiger partial charge in [0, 0.05) is 23.5 Å². The monoisotopic (exact) mass is 363 g/mol. The maximum atomic E-state index is 13.7. The molecule has 0 bridgehead atoms. The summed E-state index contributed by atoms with van der Waals surface area (Å²) in [5.41, 5.74) is 3.48. The normalized spacial score (nSPS) is 15.7. The van der Waals surface area contributed by atoms with Gasteiger partial charge in [-0.15, -0.1) is 11.3 Å². The molecule has 0 amide bonds. The summed E-state index contributed by atoms with van der Waals surface area (Å²) in [6.45, 7) is 5.71. The summed E-state index contributed by atoms with van der Waals surface area (Å²) in [6, 6.07) is 8.88. The van der Waals surface area contributed by atoms with Crippen LogP contribution in [0.15, 0.2) is 35.9 Å². The highest BCUT2D eigenvalue weighted by atomic mass is 35.5. The van der Waals surface area contributed by atoms with E-state index in [4.69, 9.17) is 11.6 Å². The molecule has 1 aromatic carbocycles. The highest BCUT2D eigenvalue weighted by Gasteiger charge is 2.14. The van der Waals surface area contributed by atoms with Crippen molar-refractivity contribution in [2.45, 2.75) is 32.6 Å². The van der Waals surface area contributed by atoms with E-state index in [1.54, 1.807) is 12.1 Å². The van der Waals surface area contributed by atoms with E-state index in [1.807, 2.05) is 18.2 Å². The Morgan fingerprint density at radius 2 is 2.00 bits per heavy atom. The van der Waals surface area contributed by atoms with Gasteiger partial charge in [0.05, 0.1) is 4.34 Å². The molecule has 2 heterocycles. The van der Waals surface area contributed by atoms with E-state index in [9.17, 15) is 4.39 Å². The van der Waals surface area contributed by atoms with Gasteiger partial charge >= 0.3 is 0 Å². The maximum absolute atomic E-state index is 13.7. The molecule has 0 atom stereocenters. The molecule has 0 unspecified atom stereocenters. The topological polar surface area (TPSA) is 3.24 Å². The maximum Gasteiger partial charge on any atom is 0.123 e. The van der Waals surface area contributed by atoms with Crippen molar-refractivity contribution < 1.29 is 4.39 Å². The van der Waals surface area contributed by atoms with Crippen molar-refractivity contribution in [2.75, 3.05) is 19.6 Å². The first-order chi connectivity index (χ1) is 11.7. The Balaban J connectivity index is 1.78. The number of hydrogen-bond donors (Lipinski definition) is 0. The highest BCUT2D eigenvalue weighted by molar-refractivity contribution is 7.19. The van der Waals surface area contributed by atoms with Gasteiger partial charge in [0.2, 0.25) is 0 Å². The van der Waals surface area contributed by atoms with Crippen molar-refractivity contribution in [3.05, 3.63) is 51.6 Å². The van der Waals surface area contributed by atoms with E-state index >= 15 is 0 Å². The number of hydrogen-bond acceptors (Lipinski definition) is 2. The molecule has 1 aromatic heterocycles. The van der Waals surface area contributed by atoms with Gasteiger partial charge in [-0.2, -0.15) is 0 Å². The van der Waals surface area contributed by atoms with E-state index in [-0.39, 0.29) is 5.82 Å². The third-order valence-electron chi connectivity index (χ3n) is 4.54. The molecule has 0 aliphatic carbocycles. The number of piperidine rings is 1. The van der Waals surface area contributed by atoms with Crippen LogP contribution in [0.2, 0.25) is 4.34 Å². The van der Waals surface area contributed by atoms with E-state index in [0.29, 0.717) is 0 Å². The Kier molecular flexibility index (Phi) is 6.09. The molecule has 1 nitrogen and oxygen atoms in total. The third kappa shape index (κ3) is 4.47. The number of nitrogens with zero attached hydrogens (tertiary/aromatic N) is 1. The number of rotatable bonds is 5. The van der Waals surface area contributed by atoms with Crippen LogP contribution in [0.3, 0.4) is 0 Å². The first-order valence-electron chi connectivity index (χ1n) is 8.63. The number of unbranched alkanes of at least 4 members (excludes halogenated alkanes) is 1. The van der Waals surface area contributed by atoms with Gasteiger partial charge in [-0.05, 0) is 55.6 Å². The van der Waals surface area contributed by atoms with Crippen LogP contribution in [0.25, 0.3) is 16.5 Å². The Labute approximate surface area is 152 Å². The Bertz CT molecular complexity index is 712. The second-order valence-corrected chi connectivity index (χ2v) is 8.05. The molecule has 1 fully saturated rings. The zero-order valence-electron chi connectivity index (χ0n) is 14.0. The quantitative estimate of drug-likeness (QED) is 0.587. The average Bonchev–Trinajstić information content (AvgIpc) is 3.02. The fourth-order valence-electron chi connectivity index (χ4n) is 3.14. The minimum absolute atomic E-state index is 0.203. The summed E-state index contributed by atoms with van der Waals surface area (Å²) in [4.78, 5) is 3.57. The summed E-state index contributed by atoms with van der Waals surface area (Å²) >= 11 is 7.55. The lowest BCUT2D eigenvalue weighted by Gasteiger charge is -2.28. The predicted octanol–water partition coefficient (Wildman–Crippen LogP) is 6.49. The Morgan fingerprint density at radius 1 is 1.21 bits per heavy atom. The minimum Gasteiger partial charge on any atom is -0.303 e. The molecule has 2 aromatic rings. The van der Waals surface area contributed by atoms with Crippen molar-refractivity contribution in [2.24, 2.45) is 0 Å². The lowest BCUT2D eigenvalue weighted by atomic mass is 9.97. The first kappa shape index (κ1) is 17.7. The van der Waals surface area contributed by atoms with Crippen LogP contribution in [-0.4, -0.2) is 24.5 Å². The van der Waals surface area contributed by atoms with Crippen LogP contribution < -0.4 is 0 Å². The molecule has 0 radical (unpaired) electrons. The second-order valence-electron chi connectivity index (χ2n) is 6.33. The van der Waals surface area contributed by atoms with E-state index in [2.05, 4.69) is 17.9 Å². The van der Waals surface area contributed by atoms with Crippen LogP contribution in [0.4, 0.5) is 4.39 Å². The van der Waals surface area contributed by atoms with Gasteiger partial charge in [0.15, 0.2) is 0 Å². The average molecular weight is 364 g/mol. The van der Waals surface area contributed by atoms with Crippen LogP contribution in [0.1, 0.15) is 38.2 Å². The summed E-state index contributed by atoms with van der Waals surface area (Å²) < 4.78 is 14.5. The summed E-state index contributed by atoms with van der Waals surface area (Å²) in [5.74, 6) is -0.203. The molecular formula is C20H23ClFNS. The van der Waals surface area contributed by atoms with Crippen molar-refractivity contribution in [1.29, 1.82) is 0 Å². The molecule has 128 valence electrons. The van der Waals surface area contributed by atoms with Gasteiger partial charge in [-0.1, -0.05) is 42.7 Å². The molecule has 0 spiro atoms. The third-order valence-corrected chi connectivity index (χ3v) is 5.80. The first-order valence-corrected chi connectivity index (χ1v) is 9.82. The SMILES string of the molecule is CCCCN1CCC(=Cc2ccc(F)cc2-c2ccc(Cl)s2)CC1. The van der Waals surface area contributed by atoms with Crippen LogP contribution in [-0.2, 0) is 0 Å². The van der Waals surface area contributed by atoms with Gasteiger partial charge < -0.3 is 4.90 Å². The lowest BCUT2D eigenvalue weighted by molar-refractivity contribution is 0.253. The van der Waals surface area contributed by atoms with Crippen molar-refractivity contribution in [3.8, 4) is 10.4 Å². The number of likely N-dealkylation sites (tertiary alicyclic amines) is 1. The van der Waals surface area contributed by atoms with Crippen LogP contribution in [0, 0.1) is 5.82 Å². The zero-order chi connectivity index (χ0) is 16.9. The van der Waals surface area contributed by atoms with Crippen LogP contribution in [0.5, 0.6) is 0 Å². The van der Waals surface area contributed by atoms with E-state index in [1.165, 1.54) is 36.3 Å². The summed E-state index contributed by atoms with van der Waals surface area (Å²) in [7, 11) is 0. The molecule has 0 N–H and O–H groups in total. The number of halogens is 2. The van der Waals surface area contributed by atoms with Gasteiger partial charge in [0.25, 0.3) is 0 Å². The predicted molar refractivity (Wildman–Crippen MR) is 103 cm³/mol.